The van der Waals surface area contributed by atoms with Crippen molar-refractivity contribution in [1.82, 2.24) is 0 Å². The summed E-state index contributed by atoms with van der Waals surface area (Å²) in [6.07, 6.45) is 2.07. The van der Waals surface area contributed by atoms with E-state index in [-0.39, 0.29) is 17.9 Å². The molecule has 0 radical (unpaired) electrons. The lowest BCUT2D eigenvalue weighted by molar-refractivity contribution is -0.118. The SMILES string of the molecule is NC(=O)CC(/N=C/c1ccccc1O)/N=C/c1ccccc1O. The summed E-state index contributed by atoms with van der Waals surface area (Å²) in [5, 5.41) is 19.4. The van der Waals surface area contributed by atoms with Crippen molar-refractivity contribution >= 4 is 18.3 Å². The Morgan fingerprint density at radius 1 is 0.957 bits per heavy atom. The number of aliphatic imine (C=N–C) groups is 2. The molecule has 0 aromatic heterocycles. The van der Waals surface area contributed by atoms with Crippen molar-refractivity contribution in [1.29, 1.82) is 0 Å². The molecule has 0 spiro atoms. The number of rotatable bonds is 6. The van der Waals surface area contributed by atoms with Crippen LogP contribution in [0.1, 0.15) is 17.5 Å². The Morgan fingerprint density at radius 2 is 1.39 bits per heavy atom. The summed E-state index contributed by atoms with van der Waals surface area (Å²) in [6, 6.07) is 13.4. The molecule has 0 aliphatic rings. The highest BCUT2D eigenvalue weighted by molar-refractivity contribution is 5.85. The van der Waals surface area contributed by atoms with Gasteiger partial charge in [0.15, 0.2) is 0 Å². The van der Waals surface area contributed by atoms with Gasteiger partial charge < -0.3 is 15.9 Å². The van der Waals surface area contributed by atoms with Gasteiger partial charge in [0, 0.05) is 23.6 Å². The van der Waals surface area contributed by atoms with Crippen molar-refractivity contribution in [2.45, 2.75) is 12.6 Å². The van der Waals surface area contributed by atoms with E-state index >= 15 is 0 Å². The molecule has 118 valence electrons. The molecule has 0 saturated heterocycles. The number of hydrogen-bond acceptors (Lipinski definition) is 5. The Balaban J connectivity index is 2.19. The fraction of sp³-hybridized carbons (Fsp3) is 0.118. The minimum absolute atomic E-state index is 0.0752. The van der Waals surface area contributed by atoms with Crippen LogP contribution in [-0.4, -0.2) is 34.7 Å². The number of hydrogen-bond donors (Lipinski definition) is 3. The highest BCUT2D eigenvalue weighted by atomic mass is 16.3. The number of nitrogens with two attached hydrogens (primary N) is 1. The average molecular weight is 311 g/mol. The Kier molecular flexibility index (Phi) is 5.46. The molecule has 0 bridgehead atoms. The zero-order valence-corrected chi connectivity index (χ0v) is 12.3. The number of amides is 1. The van der Waals surface area contributed by atoms with Crippen LogP contribution in [0, 0.1) is 0 Å². The van der Waals surface area contributed by atoms with Crippen LogP contribution >= 0.6 is 0 Å². The van der Waals surface area contributed by atoms with E-state index in [0.29, 0.717) is 11.1 Å². The second-order valence-corrected chi connectivity index (χ2v) is 4.83. The van der Waals surface area contributed by atoms with Crippen molar-refractivity contribution in [2.24, 2.45) is 15.7 Å². The molecule has 1 amide bonds. The van der Waals surface area contributed by atoms with Crippen molar-refractivity contribution < 1.29 is 15.0 Å². The molecule has 4 N–H and O–H groups in total. The minimum atomic E-state index is -0.730. The van der Waals surface area contributed by atoms with Gasteiger partial charge in [0.25, 0.3) is 0 Å². The largest absolute Gasteiger partial charge is 0.507 e. The average Bonchev–Trinajstić information content (AvgIpc) is 2.52. The van der Waals surface area contributed by atoms with Crippen LogP contribution in [0.3, 0.4) is 0 Å². The topological polar surface area (TPSA) is 108 Å². The normalized spacial score (nSPS) is 11.5. The molecule has 0 fully saturated rings. The van der Waals surface area contributed by atoms with Gasteiger partial charge in [0.1, 0.15) is 17.7 Å². The number of primary amides is 1. The van der Waals surface area contributed by atoms with E-state index in [2.05, 4.69) is 9.98 Å². The van der Waals surface area contributed by atoms with E-state index in [1.54, 1.807) is 36.4 Å². The van der Waals surface area contributed by atoms with Gasteiger partial charge in [-0.25, -0.2) is 0 Å². The predicted molar refractivity (Wildman–Crippen MR) is 89.0 cm³/mol. The Hall–Kier alpha value is -3.15. The first-order valence-electron chi connectivity index (χ1n) is 6.97. The summed E-state index contributed by atoms with van der Waals surface area (Å²) >= 11 is 0. The van der Waals surface area contributed by atoms with Crippen molar-refractivity contribution in [2.75, 3.05) is 0 Å². The smallest absolute Gasteiger partial charge is 0.221 e. The minimum Gasteiger partial charge on any atom is -0.507 e. The summed E-state index contributed by atoms with van der Waals surface area (Å²) in [5.74, 6) is -0.378. The van der Waals surface area contributed by atoms with Crippen LogP contribution < -0.4 is 5.73 Å². The first-order valence-corrected chi connectivity index (χ1v) is 6.97. The van der Waals surface area contributed by atoms with Crippen molar-refractivity contribution in [3.05, 3.63) is 59.7 Å². The van der Waals surface area contributed by atoms with Crippen LogP contribution in [0.25, 0.3) is 0 Å². The van der Waals surface area contributed by atoms with Crippen molar-refractivity contribution in [3.63, 3.8) is 0 Å². The molecule has 0 unspecified atom stereocenters. The lowest BCUT2D eigenvalue weighted by Crippen LogP contribution is -2.17. The van der Waals surface area contributed by atoms with Gasteiger partial charge in [-0.05, 0) is 24.3 Å². The van der Waals surface area contributed by atoms with E-state index in [4.69, 9.17) is 5.73 Å². The van der Waals surface area contributed by atoms with E-state index < -0.39 is 12.1 Å². The van der Waals surface area contributed by atoms with E-state index in [9.17, 15) is 15.0 Å². The molecule has 0 heterocycles. The van der Waals surface area contributed by atoms with Gasteiger partial charge in [0.05, 0.1) is 6.42 Å². The van der Waals surface area contributed by atoms with Gasteiger partial charge >= 0.3 is 0 Å². The van der Waals surface area contributed by atoms with Crippen LogP contribution in [0.15, 0.2) is 58.5 Å². The van der Waals surface area contributed by atoms with E-state index in [0.717, 1.165) is 0 Å². The number of carbonyl (C=O) groups excluding carboxylic acids is 1. The monoisotopic (exact) mass is 311 g/mol. The molecule has 6 nitrogen and oxygen atoms in total. The van der Waals surface area contributed by atoms with Gasteiger partial charge in [-0.3, -0.25) is 14.8 Å². The highest BCUT2D eigenvalue weighted by Crippen LogP contribution is 2.15. The number of nitrogens with zero attached hydrogens (tertiary/aromatic N) is 2. The quantitative estimate of drug-likeness (QED) is 0.708. The predicted octanol–water partition coefficient (Wildman–Crippen LogP) is 1.84. The van der Waals surface area contributed by atoms with Gasteiger partial charge in [-0.1, -0.05) is 24.3 Å². The number of phenols is 2. The fourth-order valence-electron chi connectivity index (χ4n) is 1.85. The third-order valence-electron chi connectivity index (χ3n) is 3.03. The Morgan fingerprint density at radius 3 is 1.78 bits per heavy atom. The summed E-state index contributed by atoms with van der Waals surface area (Å²) in [7, 11) is 0. The molecule has 2 aromatic rings. The first kappa shape index (κ1) is 16.2. The second kappa shape index (κ2) is 7.74. The third kappa shape index (κ3) is 4.96. The Bertz CT molecular complexity index is 686. The van der Waals surface area contributed by atoms with Gasteiger partial charge in [-0.15, -0.1) is 0 Å². The maximum atomic E-state index is 11.1. The van der Waals surface area contributed by atoms with Crippen LogP contribution in [0.4, 0.5) is 0 Å². The molecular formula is C17H17N3O3. The molecular weight excluding hydrogens is 294 g/mol. The molecule has 2 aromatic carbocycles. The molecule has 0 saturated carbocycles. The molecule has 0 aliphatic heterocycles. The van der Waals surface area contributed by atoms with Crippen LogP contribution in [0.2, 0.25) is 0 Å². The zero-order chi connectivity index (χ0) is 16.7. The van der Waals surface area contributed by atoms with Crippen LogP contribution in [0.5, 0.6) is 11.5 Å². The molecule has 2 rings (SSSR count). The van der Waals surface area contributed by atoms with Crippen molar-refractivity contribution in [3.8, 4) is 11.5 Å². The Labute approximate surface area is 133 Å². The highest BCUT2D eigenvalue weighted by Gasteiger charge is 2.08. The maximum absolute atomic E-state index is 11.1. The van der Waals surface area contributed by atoms with E-state index in [1.165, 1.54) is 24.6 Å². The molecule has 0 atom stereocenters. The summed E-state index contributed by atoms with van der Waals surface area (Å²) in [5.41, 5.74) is 6.23. The number of phenolic OH excluding ortho intramolecular Hbond substituents is 2. The maximum Gasteiger partial charge on any atom is 0.221 e. The zero-order valence-electron chi connectivity index (χ0n) is 12.3. The number of aromatic hydroxyl groups is 2. The summed E-state index contributed by atoms with van der Waals surface area (Å²) < 4.78 is 0. The first-order chi connectivity index (χ1) is 11.1. The van der Waals surface area contributed by atoms with Crippen LogP contribution in [-0.2, 0) is 4.79 Å². The standard InChI is InChI=1S/C17H17N3O3/c18-16(23)9-17(19-10-12-5-1-3-7-14(12)21)20-11-13-6-2-4-8-15(13)22/h1-8,10-11,17,21-22H,9H2,(H2,18,23)/b19-10+,20-11+. The number of carbonyl (C=O) groups is 1. The fourth-order valence-corrected chi connectivity index (χ4v) is 1.85. The number of para-hydroxylation sites is 2. The molecule has 6 heteroatoms. The number of benzene rings is 2. The van der Waals surface area contributed by atoms with Gasteiger partial charge in [-0.2, -0.15) is 0 Å². The van der Waals surface area contributed by atoms with E-state index in [1.807, 2.05) is 0 Å². The third-order valence-corrected chi connectivity index (χ3v) is 3.03. The molecule has 0 aliphatic carbocycles. The van der Waals surface area contributed by atoms with Gasteiger partial charge in [0.2, 0.25) is 5.91 Å². The lowest BCUT2D eigenvalue weighted by atomic mass is 10.2. The molecule has 23 heavy (non-hydrogen) atoms. The summed E-state index contributed by atoms with van der Waals surface area (Å²) in [4.78, 5) is 19.5. The lowest BCUT2D eigenvalue weighted by Gasteiger charge is -2.05. The summed E-state index contributed by atoms with van der Waals surface area (Å²) in [6.45, 7) is 0. The second-order valence-electron chi connectivity index (χ2n) is 4.83.